The number of anilines is 2. The van der Waals surface area contributed by atoms with Crippen molar-refractivity contribution in [2.24, 2.45) is 0 Å². The Hall–Kier alpha value is -2.81. The molecule has 0 fully saturated rings. The molecule has 1 heterocycles. The molecule has 2 aromatic carbocycles. The zero-order valence-corrected chi connectivity index (χ0v) is 14.2. The van der Waals surface area contributed by atoms with Gasteiger partial charge in [0, 0.05) is 24.1 Å². The maximum absolute atomic E-state index is 4.54. The van der Waals surface area contributed by atoms with Crippen molar-refractivity contribution in [1.29, 1.82) is 0 Å². The first-order valence-corrected chi connectivity index (χ1v) is 8.24. The average Bonchev–Trinajstić information content (AvgIpc) is 2.59. The van der Waals surface area contributed by atoms with E-state index in [1.165, 1.54) is 16.7 Å². The topological polar surface area (TPSA) is 37.0 Å². The molecule has 0 aliphatic carbocycles. The van der Waals surface area contributed by atoms with E-state index in [4.69, 9.17) is 0 Å². The van der Waals surface area contributed by atoms with Crippen molar-refractivity contribution in [3.05, 3.63) is 89.2 Å². The van der Waals surface area contributed by atoms with Crippen LogP contribution in [0, 0.1) is 13.8 Å². The van der Waals surface area contributed by atoms with E-state index >= 15 is 0 Å². The molecule has 0 bridgehead atoms. The molecule has 0 aliphatic rings. The van der Waals surface area contributed by atoms with Crippen LogP contribution in [0.5, 0.6) is 0 Å². The van der Waals surface area contributed by atoms with Gasteiger partial charge in [0.15, 0.2) is 0 Å². The standard InChI is InChI=1S/C21H23N3/c1-16-5-3-7-19(11-16)22-13-18-9-10-21(23-14-18)15-24-20-8-4-6-17(2)12-20/h3-12,14,22,24H,13,15H2,1-2H3. The van der Waals surface area contributed by atoms with Gasteiger partial charge in [-0.2, -0.15) is 0 Å². The number of nitrogens with zero attached hydrogens (tertiary/aromatic N) is 1. The smallest absolute Gasteiger partial charge is 0.0594 e. The number of aromatic nitrogens is 1. The summed E-state index contributed by atoms with van der Waals surface area (Å²) >= 11 is 0. The molecule has 3 rings (SSSR count). The number of aryl methyl sites for hydroxylation is 2. The number of benzene rings is 2. The highest BCUT2D eigenvalue weighted by Gasteiger charge is 1.99. The second kappa shape index (κ2) is 7.64. The average molecular weight is 317 g/mol. The van der Waals surface area contributed by atoms with Crippen molar-refractivity contribution < 1.29 is 0 Å². The third-order valence-corrected chi connectivity index (χ3v) is 3.89. The predicted octanol–water partition coefficient (Wildman–Crippen LogP) is 4.92. The number of pyridine rings is 1. The molecule has 0 atom stereocenters. The van der Waals surface area contributed by atoms with Crippen LogP contribution < -0.4 is 10.6 Å². The van der Waals surface area contributed by atoms with Crippen LogP contribution in [-0.2, 0) is 13.1 Å². The third-order valence-electron chi connectivity index (χ3n) is 3.89. The molecular weight excluding hydrogens is 294 g/mol. The highest BCUT2D eigenvalue weighted by Crippen LogP contribution is 2.13. The molecule has 0 saturated heterocycles. The summed E-state index contributed by atoms with van der Waals surface area (Å²) in [5.74, 6) is 0. The molecule has 24 heavy (non-hydrogen) atoms. The highest BCUT2D eigenvalue weighted by molar-refractivity contribution is 5.46. The van der Waals surface area contributed by atoms with Gasteiger partial charge in [-0.3, -0.25) is 4.98 Å². The molecule has 0 radical (unpaired) electrons. The van der Waals surface area contributed by atoms with Crippen LogP contribution in [-0.4, -0.2) is 4.98 Å². The largest absolute Gasteiger partial charge is 0.381 e. The lowest BCUT2D eigenvalue weighted by Gasteiger charge is -2.09. The summed E-state index contributed by atoms with van der Waals surface area (Å²) in [6.07, 6.45) is 1.94. The molecule has 0 spiro atoms. The highest BCUT2D eigenvalue weighted by atomic mass is 14.9. The Morgan fingerprint density at radius 1 is 0.750 bits per heavy atom. The molecular formula is C21H23N3. The van der Waals surface area contributed by atoms with Gasteiger partial charge in [0.1, 0.15) is 0 Å². The fraction of sp³-hybridized carbons (Fsp3) is 0.190. The van der Waals surface area contributed by atoms with Gasteiger partial charge in [-0.15, -0.1) is 0 Å². The zero-order chi connectivity index (χ0) is 16.8. The van der Waals surface area contributed by atoms with Gasteiger partial charge in [-0.25, -0.2) is 0 Å². The minimum atomic E-state index is 0.731. The molecule has 3 aromatic rings. The second-order valence-electron chi connectivity index (χ2n) is 6.10. The molecule has 1 aromatic heterocycles. The Kier molecular flexibility index (Phi) is 5.12. The van der Waals surface area contributed by atoms with Crippen molar-refractivity contribution in [3.8, 4) is 0 Å². The second-order valence-corrected chi connectivity index (χ2v) is 6.10. The normalized spacial score (nSPS) is 10.4. The molecule has 0 aliphatic heterocycles. The summed E-state index contributed by atoms with van der Waals surface area (Å²) in [6, 6.07) is 21.0. The SMILES string of the molecule is Cc1cccc(NCc2ccc(CNc3cccc(C)c3)nc2)c1. The fourth-order valence-electron chi connectivity index (χ4n) is 2.57. The number of nitrogens with one attached hydrogen (secondary N) is 2. The van der Waals surface area contributed by atoms with Gasteiger partial charge >= 0.3 is 0 Å². The molecule has 3 heteroatoms. The lowest BCUT2D eigenvalue weighted by atomic mass is 10.2. The minimum Gasteiger partial charge on any atom is -0.381 e. The minimum absolute atomic E-state index is 0.731. The van der Waals surface area contributed by atoms with Crippen LogP contribution in [0.3, 0.4) is 0 Å². The zero-order valence-electron chi connectivity index (χ0n) is 14.2. The third kappa shape index (κ3) is 4.59. The maximum atomic E-state index is 4.54. The van der Waals surface area contributed by atoms with E-state index < -0.39 is 0 Å². The molecule has 0 saturated carbocycles. The van der Waals surface area contributed by atoms with Gasteiger partial charge in [0.25, 0.3) is 0 Å². The number of hydrogen-bond donors (Lipinski definition) is 2. The maximum Gasteiger partial charge on any atom is 0.0594 e. The van der Waals surface area contributed by atoms with Crippen molar-refractivity contribution in [2.45, 2.75) is 26.9 Å². The predicted molar refractivity (Wildman–Crippen MR) is 101 cm³/mol. The fourth-order valence-corrected chi connectivity index (χ4v) is 2.57. The number of rotatable bonds is 6. The summed E-state index contributed by atoms with van der Waals surface area (Å²) in [7, 11) is 0. The summed E-state index contributed by atoms with van der Waals surface area (Å²) in [5.41, 5.74) is 7.00. The van der Waals surface area contributed by atoms with Gasteiger partial charge in [0.05, 0.1) is 12.2 Å². The Morgan fingerprint density at radius 2 is 1.38 bits per heavy atom. The Balaban J connectivity index is 1.53. The quantitative estimate of drug-likeness (QED) is 0.677. The first-order chi connectivity index (χ1) is 11.7. The number of hydrogen-bond acceptors (Lipinski definition) is 3. The van der Waals surface area contributed by atoms with Crippen LogP contribution in [0.25, 0.3) is 0 Å². The lowest BCUT2D eigenvalue weighted by Crippen LogP contribution is -2.04. The Bertz CT molecular complexity index is 726. The van der Waals surface area contributed by atoms with Crippen molar-refractivity contribution in [3.63, 3.8) is 0 Å². The van der Waals surface area contributed by atoms with Gasteiger partial charge < -0.3 is 10.6 Å². The Morgan fingerprint density at radius 3 is 1.92 bits per heavy atom. The van der Waals surface area contributed by atoms with Gasteiger partial charge in [-0.05, 0) is 60.9 Å². The van der Waals surface area contributed by atoms with Crippen LogP contribution in [0.4, 0.5) is 11.4 Å². The molecule has 3 nitrogen and oxygen atoms in total. The van der Waals surface area contributed by atoms with Crippen LogP contribution in [0.2, 0.25) is 0 Å². The van der Waals surface area contributed by atoms with E-state index in [0.717, 1.165) is 30.2 Å². The van der Waals surface area contributed by atoms with Crippen LogP contribution in [0.1, 0.15) is 22.4 Å². The van der Waals surface area contributed by atoms with Gasteiger partial charge in [-0.1, -0.05) is 30.3 Å². The van der Waals surface area contributed by atoms with E-state index in [1.807, 2.05) is 6.20 Å². The van der Waals surface area contributed by atoms with Crippen molar-refractivity contribution in [2.75, 3.05) is 10.6 Å². The van der Waals surface area contributed by atoms with E-state index in [9.17, 15) is 0 Å². The van der Waals surface area contributed by atoms with Gasteiger partial charge in [0.2, 0.25) is 0 Å². The van der Waals surface area contributed by atoms with E-state index in [0.29, 0.717) is 0 Å². The van der Waals surface area contributed by atoms with E-state index in [2.05, 4.69) is 90.1 Å². The lowest BCUT2D eigenvalue weighted by molar-refractivity contribution is 1.01. The van der Waals surface area contributed by atoms with Crippen LogP contribution in [0.15, 0.2) is 66.9 Å². The summed E-state index contributed by atoms with van der Waals surface area (Å²) in [6.45, 7) is 5.71. The Labute approximate surface area is 143 Å². The molecule has 2 N–H and O–H groups in total. The first kappa shape index (κ1) is 16.1. The van der Waals surface area contributed by atoms with E-state index in [-0.39, 0.29) is 0 Å². The summed E-state index contributed by atoms with van der Waals surface area (Å²) in [4.78, 5) is 4.54. The van der Waals surface area contributed by atoms with Crippen molar-refractivity contribution >= 4 is 11.4 Å². The van der Waals surface area contributed by atoms with Crippen molar-refractivity contribution in [1.82, 2.24) is 4.98 Å². The van der Waals surface area contributed by atoms with E-state index in [1.54, 1.807) is 0 Å². The molecule has 0 unspecified atom stereocenters. The summed E-state index contributed by atoms with van der Waals surface area (Å²) in [5, 5.41) is 6.84. The first-order valence-electron chi connectivity index (χ1n) is 8.24. The molecule has 122 valence electrons. The summed E-state index contributed by atoms with van der Waals surface area (Å²) < 4.78 is 0. The molecule has 0 amide bonds. The van der Waals surface area contributed by atoms with Crippen LogP contribution >= 0.6 is 0 Å². The monoisotopic (exact) mass is 317 g/mol.